The monoisotopic (exact) mass is 392 g/mol. The molecule has 0 aromatic rings. The standard InChI is InChI=1S/C17H29O8P/c1-9-7-10(2)24-26(23-9)25-13-12(11-8-18-16(3,4)20-11)19-15-14(13)21-17(5,6)22-15/h9-15H,7-8H2,1-6H3/t9-,10-,11?,12-,13+,14-,15-/m1/s1. The summed E-state index contributed by atoms with van der Waals surface area (Å²) in [6.45, 7) is 12.0. The van der Waals surface area contributed by atoms with Crippen molar-refractivity contribution in [3.63, 3.8) is 0 Å². The Hall–Kier alpha value is 0.110. The molecule has 0 amide bonds. The summed E-state index contributed by atoms with van der Waals surface area (Å²) in [5, 5.41) is 0. The fourth-order valence-electron chi connectivity index (χ4n) is 3.82. The Morgan fingerprint density at radius 3 is 2.19 bits per heavy atom. The predicted molar refractivity (Wildman–Crippen MR) is 91.1 cm³/mol. The molecular weight excluding hydrogens is 363 g/mol. The highest BCUT2D eigenvalue weighted by atomic mass is 31.2. The average Bonchev–Trinajstić information content (AvgIpc) is 3.09. The minimum absolute atomic E-state index is 0.0867. The van der Waals surface area contributed by atoms with E-state index in [9.17, 15) is 0 Å². The maximum Gasteiger partial charge on any atom is 0.333 e. The molecule has 0 aromatic heterocycles. The van der Waals surface area contributed by atoms with E-state index in [4.69, 9.17) is 37.3 Å². The third-order valence-corrected chi connectivity index (χ3v) is 6.31. The van der Waals surface area contributed by atoms with E-state index in [-0.39, 0.29) is 30.5 Å². The zero-order chi connectivity index (χ0) is 18.7. The molecule has 4 aliphatic rings. The highest BCUT2D eigenvalue weighted by molar-refractivity contribution is 7.41. The van der Waals surface area contributed by atoms with Crippen molar-refractivity contribution in [2.75, 3.05) is 6.61 Å². The number of hydrogen-bond acceptors (Lipinski definition) is 8. The largest absolute Gasteiger partial charge is 0.348 e. The van der Waals surface area contributed by atoms with Gasteiger partial charge in [0.05, 0.1) is 18.8 Å². The van der Waals surface area contributed by atoms with Crippen LogP contribution in [0.2, 0.25) is 0 Å². The highest BCUT2D eigenvalue weighted by Crippen LogP contribution is 2.52. The molecule has 0 aromatic carbocycles. The maximum atomic E-state index is 6.25. The lowest BCUT2D eigenvalue weighted by molar-refractivity contribution is -0.231. The zero-order valence-electron chi connectivity index (χ0n) is 16.2. The van der Waals surface area contributed by atoms with Crippen LogP contribution >= 0.6 is 8.60 Å². The summed E-state index contributed by atoms with van der Waals surface area (Å²) in [5.74, 6) is -1.38. The minimum atomic E-state index is -1.49. The Kier molecular flexibility index (Phi) is 5.13. The van der Waals surface area contributed by atoms with Crippen molar-refractivity contribution in [2.45, 2.75) is 102 Å². The van der Waals surface area contributed by atoms with Gasteiger partial charge in [0.25, 0.3) is 0 Å². The van der Waals surface area contributed by atoms with Gasteiger partial charge >= 0.3 is 8.60 Å². The molecule has 1 unspecified atom stereocenters. The van der Waals surface area contributed by atoms with Crippen LogP contribution in [0, 0.1) is 0 Å². The Bertz CT molecular complexity index is 519. The number of hydrogen-bond donors (Lipinski definition) is 0. The molecule has 4 heterocycles. The van der Waals surface area contributed by atoms with Crippen molar-refractivity contribution in [3.05, 3.63) is 0 Å². The van der Waals surface area contributed by atoms with E-state index in [1.165, 1.54) is 0 Å². The van der Waals surface area contributed by atoms with Crippen molar-refractivity contribution < 1.29 is 37.3 Å². The van der Waals surface area contributed by atoms with Gasteiger partial charge in [-0.05, 0) is 41.5 Å². The molecule has 0 bridgehead atoms. The summed E-state index contributed by atoms with van der Waals surface area (Å²) in [6, 6.07) is 0. The van der Waals surface area contributed by atoms with E-state index in [0.29, 0.717) is 6.61 Å². The second-order valence-corrected chi connectivity index (χ2v) is 9.38. The second kappa shape index (κ2) is 6.87. The smallest absolute Gasteiger partial charge is 0.333 e. The van der Waals surface area contributed by atoms with Crippen LogP contribution in [0.1, 0.15) is 48.0 Å². The third-order valence-electron chi connectivity index (χ3n) is 4.83. The summed E-state index contributed by atoms with van der Waals surface area (Å²) in [5.41, 5.74) is 0. The van der Waals surface area contributed by atoms with Gasteiger partial charge in [-0.15, -0.1) is 0 Å². The molecule has 4 saturated heterocycles. The number of rotatable bonds is 3. The molecule has 0 spiro atoms. The molecule has 0 radical (unpaired) electrons. The summed E-state index contributed by atoms with van der Waals surface area (Å²) in [6.07, 6.45) is -0.943. The zero-order valence-corrected chi connectivity index (χ0v) is 17.1. The van der Waals surface area contributed by atoms with Crippen LogP contribution in [-0.2, 0) is 37.3 Å². The second-order valence-electron chi connectivity index (χ2n) is 8.30. The molecule has 4 aliphatic heterocycles. The first-order valence-electron chi connectivity index (χ1n) is 9.25. The fraction of sp³-hybridized carbons (Fsp3) is 1.00. The lowest BCUT2D eigenvalue weighted by Gasteiger charge is -2.34. The topological polar surface area (TPSA) is 73.8 Å². The van der Waals surface area contributed by atoms with Crippen molar-refractivity contribution in [1.29, 1.82) is 0 Å². The van der Waals surface area contributed by atoms with Crippen LogP contribution in [0.4, 0.5) is 0 Å². The van der Waals surface area contributed by atoms with Crippen LogP contribution in [0.5, 0.6) is 0 Å². The molecular formula is C17H29O8P. The molecule has 7 atom stereocenters. The van der Waals surface area contributed by atoms with Gasteiger partial charge in [-0.25, -0.2) is 0 Å². The first-order chi connectivity index (χ1) is 12.1. The molecule has 4 fully saturated rings. The van der Waals surface area contributed by atoms with Gasteiger partial charge in [0, 0.05) is 6.42 Å². The third kappa shape index (κ3) is 3.95. The van der Waals surface area contributed by atoms with Gasteiger partial charge in [-0.2, -0.15) is 0 Å². The first-order valence-corrected chi connectivity index (χ1v) is 10.3. The van der Waals surface area contributed by atoms with Gasteiger partial charge < -0.3 is 37.3 Å². The van der Waals surface area contributed by atoms with E-state index in [1.807, 2.05) is 41.5 Å². The fourth-order valence-corrected chi connectivity index (χ4v) is 5.17. The Morgan fingerprint density at radius 1 is 0.885 bits per heavy atom. The van der Waals surface area contributed by atoms with Crippen molar-refractivity contribution in [2.24, 2.45) is 0 Å². The molecule has 26 heavy (non-hydrogen) atoms. The van der Waals surface area contributed by atoms with Gasteiger partial charge in [-0.1, -0.05) is 0 Å². The predicted octanol–water partition coefficient (Wildman–Crippen LogP) is 2.84. The van der Waals surface area contributed by atoms with Crippen molar-refractivity contribution in [3.8, 4) is 0 Å². The molecule has 0 aliphatic carbocycles. The van der Waals surface area contributed by atoms with Crippen LogP contribution in [0.25, 0.3) is 0 Å². The number of fused-ring (bicyclic) bond motifs is 1. The van der Waals surface area contributed by atoms with E-state index >= 15 is 0 Å². The van der Waals surface area contributed by atoms with Gasteiger partial charge in [0.1, 0.15) is 24.4 Å². The Balaban J connectivity index is 1.50. The van der Waals surface area contributed by atoms with Gasteiger partial charge in [0.2, 0.25) is 0 Å². The van der Waals surface area contributed by atoms with Crippen LogP contribution < -0.4 is 0 Å². The Labute approximate surface area is 155 Å². The first kappa shape index (κ1) is 19.4. The van der Waals surface area contributed by atoms with Crippen molar-refractivity contribution >= 4 is 8.60 Å². The molecule has 0 saturated carbocycles. The van der Waals surface area contributed by atoms with Crippen LogP contribution in [0.15, 0.2) is 0 Å². The van der Waals surface area contributed by atoms with E-state index < -0.39 is 32.6 Å². The molecule has 8 nitrogen and oxygen atoms in total. The van der Waals surface area contributed by atoms with Crippen LogP contribution in [0.3, 0.4) is 0 Å². The van der Waals surface area contributed by atoms with Crippen molar-refractivity contribution in [1.82, 2.24) is 0 Å². The molecule has 0 N–H and O–H groups in total. The summed E-state index contributed by atoms with van der Waals surface area (Å²) < 4.78 is 47.7. The van der Waals surface area contributed by atoms with E-state index in [1.54, 1.807) is 0 Å². The molecule has 9 heteroatoms. The summed E-state index contributed by atoms with van der Waals surface area (Å²) in [7, 11) is -1.49. The van der Waals surface area contributed by atoms with Gasteiger partial charge in [-0.3, -0.25) is 0 Å². The molecule has 4 rings (SSSR count). The lowest BCUT2D eigenvalue weighted by atomic mass is 10.1. The quantitative estimate of drug-likeness (QED) is 0.679. The average molecular weight is 392 g/mol. The van der Waals surface area contributed by atoms with Gasteiger partial charge in [0.15, 0.2) is 17.9 Å². The molecule has 150 valence electrons. The Morgan fingerprint density at radius 2 is 1.58 bits per heavy atom. The van der Waals surface area contributed by atoms with E-state index in [0.717, 1.165) is 6.42 Å². The summed E-state index contributed by atoms with van der Waals surface area (Å²) >= 11 is 0. The SMILES string of the molecule is C[C@@H]1C[C@@H](C)OP(O[C@@H]2[C@H]3OC(C)(C)O[C@H]3O[C@@H]2C2COC(C)(C)O2)O1. The van der Waals surface area contributed by atoms with E-state index in [2.05, 4.69) is 0 Å². The van der Waals surface area contributed by atoms with Crippen LogP contribution in [-0.4, -0.2) is 61.1 Å². The highest BCUT2D eigenvalue weighted by Gasteiger charge is 2.60. The summed E-state index contributed by atoms with van der Waals surface area (Å²) in [4.78, 5) is 0. The number of ether oxygens (including phenoxy) is 5. The minimum Gasteiger partial charge on any atom is -0.348 e. The lowest BCUT2D eigenvalue weighted by Crippen LogP contribution is -2.44. The maximum absolute atomic E-state index is 6.25. The normalized spacial score (nSPS) is 50.1.